The Morgan fingerprint density at radius 1 is 1.13 bits per heavy atom. The van der Waals surface area contributed by atoms with E-state index >= 15 is 0 Å². The van der Waals surface area contributed by atoms with Crippen molar-refractivity contribution in [1.29, 1.82) is 0 Å². The molecule has 2 aromatic rings. The molecule has 0 bridgehead atoms. The number of halogens is 4. The van der Waals surface area contributed by atoms with Crippen molar-refractivity contribution in [2.75, 3.05) is 11.9 Å². The fraction of sp³-hybridized carbons (Fsp3) is 0.133. The number of carbonyl (C=O) groups is 1. The van der Waals surface area contributed by atoms with Crippen LogP contribution in [0.2, 0.25) is 10.0 Å². The first-order valence-corrected chi connectivity index (χ1v) is 7.12. The third kappa shape index (κ3) is 5.58. The van der Waals surface area contributed by atoms with Crippen molar-refractivity contribution in [3.05, 3.63) is 52.5 Å². The molecule has 2 aromatic carbocycles. The van der Waals surface area contributed by atoms with Gasteiger partial charge in [0.05, 0.1) is 5.02 Å². The van der Waals surface area contributed by atoms with Crippen LogP contribution >= 0.6 is 23.2 Å². The Kier molecular flexibility index (Phi) is 6.01. The van der Waals surface area contributed by atoms with Gasteiger partial charge in [0.15, 0.2) is 6.61 Å². The first-order valence-electron chi connectivity index (χ1n) is 6.36. The maximum absolute atomic E-state index is 12.1. The quantitative estimate of drug-likeness (QED) is 0.816. The van der Waals surface area contributed by atoms with Crippen LogP contribution in [0.25, 0.3) is 0 Å². The number of alkyl halides is 2. The number of amides is 1. The molecule has 2 rings (SSSR count). The molecule has 0 aliphatic heterocycles. The van der Waals surface area contributed by atoms with Gasteiger partial charge in [-0.1, -0.05) is 23.2 Å². The van der Waals surface area contributed by atoms with Crippen molar-refractivity contribution < 1.29 is 23.0 Å². The zero-order valence-corrected chi connectivity index (χ0v) is 13.1. The second-order valence-electron chi connectivity index (χ2n) is 4.31. The van der Waals surface area contributed by atoms with Crippen LogP contribution in [-0.2, 0) is 4.79 Å². The van der Waals surface area contributed by atoms with Gasteiger partial charge in [0.1, 0.15) is 11.5 Å². The molecule has 23 heavy (non-hydrogen) atoms. The highest BCUT2D eigenvalue weighted by Gasteiger charge is 2.10. The van der Waals surface area contributed by atoms with Crippen LogP contribution in [0.4, 0.5) is 14.5 Å². The van der Waals surface area contributed by atoms with Gasteiger partial charge < -0.3 is 14.8 Å². The summed E-state index contributed by atoms with van der Waals surface area (Å²) in [7, 11) is 0. The molecule has 0 fully saturated rings. The van der Waals surface area contributed by atoms with E-state index in [9.17, 15) is 13.6 Å². The minimum absolute atomic E-state index is 0.0401. The minimum Gasteiger partial charge on any atom is -0.484 e. The number of ether oxygens (including phenoxy) is 2. The van der Waals surface area contributed by atoms with E-state index in [1.54, 1.807) is 24.3 Å². The second-order valence-corrected chi connectivity index (χ2v) is 5.16. The molecule has 0 spiro atoms. The number of nitrogens with one attached hydrogen (secondary N) is 1. The molecule has 0 atom stereocenters. The van der Waals surface area contributed by atoms with Gasteiger partial charge in [-0.25, -0.2) is 0 Å². The lowest BCUT2D eigenvalue weighted by Gasteiger charge is -2.10. The summed E-state index contributed by atoms with van der Waals surface area (Å²) in [6, 6.07) is 10.5. The number of hydrogen-bond donors (Lipinski definition) is 1. The van der Waals surface area contributed by atoms with Gasteiger partial charge in [0, 0.05) is 10.7 Å². The summed E-state index contributed by atoms with van der Waals surface area (Å²) in [6.45, 7) is -3.20. The summed E-state index contributed by atoms with van der Waals surface area (Å²) < 4.78 is 33.7. The lowest BCUT2D eigenvalue weighted by Crippen LogP contribution is -2.20. The molecule has 1 amide bonds. The van der Waals surface area contributed by atoms with Crippen LogP contribution in [0.15, 0.2) is 42.5 Å². The summed E-state index contributed by atoms with van der Waals surface area (Å²) in [5, 5.41) is 3.05. The predicted molar refractivity (Wildman–Crippen MR) is 83.7 cm³/mol. The number of carbonyl (C=O) groups excluding carboxylic acids is 1. The zero-order valence-electron chi connectivity index (χ0n) is 11.6. The molecular weight excluding hydrogens is 351 g/mol. The van der Waals surface area contributed by atoms with Crippen LogP contribution in [0.1, 0.15) is 0 Å². The van der Waals surface area contributed by atoms with E-state index < -0.39 is 12.5 Å². The SMILES string of the molecule is O=C(COc1ccc(Cl)cc1)Nc1ccc(OC(F)F)c(Cl)c1. The Morgan fingerprint density at radius 3 is 2.43 bits per heavy atom. The van der Waals surface area contributed by atoms with Gasteiger partial charge in [-0.3, -0.25) is 4.79 Å². The standard InChI is InChI=1S/C15H11Cl2F2NO3/c16-9-1-4-11(5-2-9)22-8-14(21)20-10-3-6-13(12(17)7-10)23-15(18)19/h1-7,15H,8H2,(H,20,21). The van der Waals surface area contributed by atoms with E-state index in [2.05, 4.69) is 10.1 Å². The molecule has 0 aliphatic carbocycles. The summed E-state index contributed by atoms with van der Waals surface area (Å²) in [5.41, 5.74) is 0.335. The Morgan fingerprint density at radius 2 is 1.83 bits per heavy atom. The van der Waals surface area contributed by atoms with E-state index in [4.69, 9.17) is 27.9 Å². The molecule has 0 heterocycles. The third-order valence-corrected chi connectivity index (χ3v) is 3.16. The van der Waals surface area contributed by atoms with E-state index in [-0.39, 0.29) is 17.4 Å². The maximum atomic E-state index is 12.1. The highest BCUT2D eigenvalue weighted by Crippen LogP contribution is 2.28. The molecule has 0 saturated carbocycles. The minimum atomic E-state index is -2.97. The Balaban J connectivity index is 1.89. The fourth-order valence-corrected chi connectivity index (χ4v) is 2.00. The van der Waals surface area contributed by atoms with Crippen molar-refractivity contribution >= 4 is 34.8 Å². The molecule has 8 heteroatoms. The van der Waals surface area contributed by atoms with Crippen LogP contribution in [0.5, 0.6) is 11.5 Å². The van der Waals surface area contributed by atoms with Crippen molar-refractivity contribution in [2.24, 2.45) is 0 Å². The molecule has 0 aromatic heterocycles. The van der Waals surface area contributed by atoms with Gasteiger partial charge in [0.2, 0.25) is 0 Å². The molecule has 0 saturated heterocycles. The summed E-state index contributed by atoms with van der Waals surface area (Å²) in [6.07, 6.45) is 0. The molecule has 4 nitrogen and oxygen atoms in total. The molecular formula is C15H11Cl2F2NO3. The third-order valence-electron chi connectivity index (χ3n) is 2.62. The summed E-state index contributed by atoms with van der Waals surface area (Å²) in [5.74, 6) is -0.112. The number of rotatable bonds is 6. The smallest absolute Gasteiger partial charge is 0.387 e. The average molecular weight is 362 g/mol. The van der Waals surface area contributed by atoms with Gasteiger partial charge >= 0.3 is 6.61 Å². The van der Waals surface area contributed by atoms with Crippen LogP contribution < -0.4 is 14.8 Å². The molecule has 0 aliphatic rings. The number of hydrogen-bond acceptors (Lipinski definition) is 3. The highest BCUT2D eigenvalue weighted by molar-refractivity contribution is 6.32. The Bertz CT molecular complexity index is 681. The van der Waals surface area contributed by atoms with Crippen LogP contribution in [0.3, 0.4) is 0 Å². The van der Waals surface area contributed by atoms with Crippen LogP contribution in [-0.4, -0.2) is 19.1 Å². The maximum Gasteiger partial charge on any atom is 0.387 e. The lowest BCUT2D eigenvalue weighted by molar-refractivity contribution is -0.118. The molecule has 0 unspecified atom stereocenters. The van der Waals surface area contributed by atoms with Gasteiger partial charge in [-0.15, -0.1) is 0 Å². The summed E-state index contributed by atoms with van der Waals surface area (Å²) in [4.78, 5) is 11.8. The fourth-order valence-electron chi connectivity index (χ4n) is 1.65. The topological polar surface area (TPSA) is 47.6 Å². The normalized spacial score (nSPS) is 10.5. The first-order chi connectivity index (χ1) is 10.9. The monoisotopic (exact) mass is 361 g/mol. The number of benzene rings is 2. The Labute approximate surface area is 140 Å². The largest absolute Gasteiger partial charge is 0.484 e. The predicted octanol–water partition coefficient (Wildman–Crippen LogP) is 4.61. The number of anilines is 1. The highest BCUT2D eigenvalue weighted by atomic mass is 35.5. The molecule has 122 valence electrons. The summed E-state index contributed by atoms with van der Waals surface area (Å²) >= 11 is 11.5. The van der Waals surface area contributed by atoms with Crippen molar-refractivity contribution in [3.8, 4) is 11.5 Å². The van der Waals surface area contributed by atoms with E-state index in [0.717, 1.165) is 0 Å². The second kappa shape index (κ2) is 7.99. The van der Waals surface area contributed by atoms with Crippen molar-refractivity contribution in [1.82, 2.24) is 0 Å². The average Bonchev–Trinajstić information content (AvgIpc) is 2.49. The lowest BCUT2D eigenvalue weighted by atomic mass is 10.3. The van der Waals surface area contributed by atoms with Crippen LogP contribution in [0, 0.1) is 0 Å². The van der Waals surface area contributed by atoms with E-state index in [1.165, 1.54) is 18.2 Å². The Hall–Kier alpha value is -2.05. The van der Waals surface area contributed by atoms with E-state index in [1.807, 2.05) is 0 Å². The first kappa shape index (κ1) is 17.3. The van der Waals surface area contributed by atoms with Gasteiger partial charge in [0.25, 0.3) is 5.91 Å². The zero-order chi connectivity index (χ0) is 16.8. The van der Waals surface area contributed by atoms with Gasteiger partial charge in [-0.05, 0) is 42.5 Å². The molecule has 0 radical (unpaired) electrons. The van der Waals surface area contributed by atoms with Crippen molar-refractivity contribution in [3.63, 3.8) is 0 Å². The molecule has 1 N–H and O–H groups in total. The van der Waals surface area contributed by atoms with Gasteiger partial charge in [-0.2, -0.15) is 8.78 Å². The van der Waals surface area contributed by atoms with Crippen molar-refractivity contribution in [2.45, 2.75) is 6.61 Å². The van der Waals surface area contributed by atoms with E-state index in [0.29, 0.717) is 16.5 Å².